The van der Waals surface area contributed by atoms with Crippen molar-refractivity contribution in [2.24, 2.45) is 0 Å². The van der Waals surface area contributed by atoms with Gasteiger partial charge in [-0.15, -0.1) is 0 Å². The molecule has 0 aliphatic heterocycles. The van der Waals surface area contributed by atoms with Crippen molar-refractivity contribution in [2.75, 3.05) is 4.72 Å². The lowest BCUT2D eigenvalue weighted by molar-refractivity contribution is 0.0690. The van der Waals surface area contributed by atoms with Crippen LogP contribution >= 0.6 is 11.6 Å². The molecule has 1 fully saturated rings. The van der Waals surface area contributed by atoms with E-state index in [9.17, 15) is 14.1 Å². The lowest BCUT2D eigenvalue weighted by Gasteiger charge is -2.08. The van der Waals surface area contributed by atoms with Crippen LogP contribution < -0.4 is 4.72 Å². The predicted molar refractivity (Wildman–Crippen MR) is 76.6 cm³/mol. The van der Waals surface area contributed by atoms with Crippen molar-refractivity contribution in [1.82, 2.24) is 4.98 Å². The van der Waals surface area contributed by atoms with Gasteiger partial charge < -0.3 is 10.1 Å². The lowest BCUT2D eigenvalue weighted by atomic mass is 10.0. The first-order valence-corrected chi connectivity index (χ1v) is 7.42. The molecule has 1 aromatic carbocycles. The minimum absolute atomic E-state index is 0.122. The maximum Gasteiger partial charge on any atom is 0.352 e. The van der Waals surface area contributed by atoms with Crippen molar-refractivity contribution < 1.29 is 18.7 Å². The van der Waals surface area contributed by atoms with E-state index in [1.165, 1.54) is 0 Å². The summed E-state index contributed by atoms with van der Waals surface area (Å²) in [6, 6.07) is 3.22. The second kappa shape index (κ2) is 4.76. The highest BCUT2D eigenvalue weighted by Crippen LogP contribution is 2.48. The van der Waals surface area contributed by atoms with E-state index in [1.807, 2.05) is 0 Å². The number of carboxylic acids is 1. The summed E-state index contributed by atoms with van der Waals surface area (Å²) in [5, 5.41) is 10.2. The number of H-pyrrole nitrogens is 1. The molecule has 1 unspecified atom stereocenters. The standard InChI is InChI=1S/C12H11ClN2O4S/c13-6-3-4-7-9(10(6)15-20(18)19)8(5-1-2-5)11(14-7)12(16)17/h3-5,14-15H,1-2H2,(H,16,17)(H,18,19). The molecular formula is C12H11ClN2O4S. The van der Waals surface area contributed by atoms with E-state index in [4.69, 9.17) is 16.2 Å². The zero-order valence-corrected chi connectivity index (χ0v) is 11.7. The Kier molecular flexibility index (Phi) is 3.19. The Labute approximate surface area is 121 Å². The molecule has 0 bridgehead atoms. The maximum absolute atomic E-state index is 11.3. The number of nitrogens with one attached hydrogen (secondary N) is 2. The molecule has 1 saturated carbocycles. The minimum Gasteiger partial charge on any atom is -0.477 e. The van der Waals surface area contributed by atoms with Crippen molar-refractivity contribution in [2.45, 2.75) is 18.8 Å². The van der Waals surface area contributed by atoms with Crippen molar-refractivity contribution >= 4 is 45.4 Å². The molecule has 1 aromatic heterocycles. The first-order valence-electron chi connectivity index (χ1n) is 5.94. The van der Waals surface area contributed by atoms with E-state index >= 15 is 0 Å². The third kappa shape index (κ3) is 2.17. The van der Waals surface area contributed by atoms with Gasteiger partial charge in [0.2, 0.25) is 0 Å². The Hall–Kier alpha value is -1.57. The zero-order valence-electron chi connectivity index (χ0n) is 10.1. The van der Waals surface area contributed by atoms with Crippen LogP contribution in [-0.4, -0.2) is 24.8 Å². The zero-order chi connectivity index (χ0) is 14.4. The van der Waals surface area contributed by atoms with Gasteiger partial charge in [-0.2, -0.15) is 0 Å². The summed E-state index contributed by atoms with van der Waals surface area (Å²) in [4.78, 5) is 14.2. The minimum atomic E-state index is -2.28. The number of aromatic nitrogens is 1. The average Bonchev–Trinajstić information content (AvgIpc) is 3.12. The number of rotatable bonds is 4. The summed E-state index contributed by atoms with van der Waals surface area (Å²) in [6.45, 7) is 0. The molecule has 3 rings (SSSR count). The van der Waals surface area contributed by atoms with Gasteiger partial charge in [-0.3, -0.25) is 9.27 Å². The van der Waals surface area contributed by atoms with Crippen molar-refractivity contribution in [3.8, 4) is 0 Å². The molecule has 8 heteroatoms. The van der Waals surface area contributed by atoms with Gasteiger partial charge in [0.25, 0.3) is 11.3 Å². The van der Waals surface area contributed by atoms with Crippen LogP contribution in [0.5, 0.6) is 0 Å². The van der Waals surface area contributed by atoms with E-state index in [1.54, 1.807) is 12.1 Å². The number of aromatic amines is 1. The van der Waals surface area contributed by atoms with E-state index in [2.05, 4.69) is 9.71 Å². The molecule has 2 aromatic rings. The van der Waals surface area contributed by atoms with Crippen molar-refractivity contribution in [3.63, 3.8) is 0 Å². The van der Waals surface area contributed by atoms with Crippen LogP contribution in [0.25, 0.3) is 10.9 Å². The fourth-order valence-corrected chi connectivity index (χ4v) is 3.07. The summed E-state index contributed by atoms with van der Waals surface area (Å²) in [5.74, 6) is -0.892. The number of carbonyl (C=O) groups is 1. The third-order valence-corrected chi connectivity index (χ3v) is 4.04. The largest absolute Gasteiger partial charge is 0.477 e. The maximum atomic E-state index is 11.3. The molecule has 106 valence electrons. The summed E-state index contributed by atoms with van der Waals surface area (Å²) in [6.07, 6.45) is 1.81. The molecular weight excluding hydrogens is 304 g/mol. The lowest BCUT2D eigenvalue weighted by Crippen LogP contribution is -2.04. The van der Waals surface area contributed by atoms with Crippen molar-refractivity contribution in [1.29, 1.82) is 0 Å². The van der Waals surface area contributed by atoms with Gasteiger partial charge in [-0.05, 0) is 36.5 Å². The van der Waals surface area contributed by atoms with Crippen LogP contribution in [0.4, 0.5) is 5.69 Å². The van der Waals surface area contributed by atoms with Crippen LogP contribution in [0.15, 0.2) is 12.1 Å². The fourth-order valence-electron chi connectivity index (χ4n) is 2.42. The Morgan fingerprint density at radius 2 is 2.15 bits per heavy atom. The molecule has 0 saturated heterocycles. The first-order chi connectivity index (χ1) is 9.49. The Morgan fingerprint density at radius 1 is 1.45 bits per heavy atom. The van der Waals surface area contributed by atoms with Crippen LogP contribution in [0.1, 0.15) is 34.8 Å². The molecule has 1 atom stereocenters. The Morgan fingerprint density at radius 3 is 2.70 bits per heavy atom. The van der Waals surface area contributed by atoms with Gasteiger partial charge >= 0.3 is 5.97 Å². The van der Waals surface area contributed by atoms with Crippen LogP contribution in [0.2, 0.25) is 5.02 Å². The highest BCUT2D eigenvalue weighted by molar-refractivity contribution is 7.80. The fraction of sp³-hybridized carbons (Fsp3) is 0.250. The van der Waals surface area contributed by atoms with Gasteiger partial charge in [0.1, 0.15) is 5.69 Å². The number of anilines is 1. The van der Waals surface area contributed by atoms with E-state index in [0.717, 1.165) is 12.8 Å². The summed E-state index contributed by atoms with van der Waals surface area (Å²) in [7, 11) is 0. The van der Waals surface area contributed by atoms with Gasteiger partial charge in [-0.1, -0.05) is 11.6 Å². The van der Waals surface area contributed by atoms with Crippen molar-refractivity contribution in [3.05, 3.63) is 28.4 Å². The number of halogens is 1. The van der Waals surface area contributed by atoms with Gasteiger partial charge in [0.15, 0.2) is 0 Å². The highest BCUT2D eigenvalue weighted by atomic mass is 35.5. The number of carboxylic acid groups (broad SMARTS) is 1. The van der Waals surface area contributed by atoms with Gasteiger partial charge in [0, 0.05) is 10.9 Å². The molecule has 1 heterocycles. The summed E-state index contributed by atoms with van der Waals surface area (Å²) < 4.78 is 22.4. The van der Waals surface area contributed by atoms with E-state index in [-0.39, 0.29) is 22.3 Å². The molecule has 20 heavy (non-hydrogen) atoms. The van der Waals surface area contributed by atoms with Crippen LogP contribution in [0, 0.1) is 0 Å². The summed E-state index contributed by atoms with van der Waals surface area (Å²) >= 11 is 3.78. The number of hydrogen-bond acceptors (Lipinski definition) is 2. The van der Waals surface area contributed by atoms with E-state index < -0.39 is 17.2 Å². The van der Waals surface area contributed by atoms with Crippen LogP contribution in [0.3, 0.4) is 0 Å². The highest BCUT2D eigenvalue weighted by Gasteiger charge is 2.33. The van der Waals surface area contributed by atoms with Gasteiger partial charge in [-0.25, -0.2) is 9.00 Å². The Bertz CT molecular complexity index is 739. The molecule has 4 N–H and O–H groups in total. The monoisotopic (exact) mass is 314 g/mol. The number of hydrogen-bond donors (Lipinski definition) is 4. The third-order valence-electron chi connectivity index (χ3n) is 3.34. The molecule has 6 nitrogen and oxygen atoms in total. The molecule has 0 amide bonds. The average molecular weight is 315 g/mol. The topological polar surface area (TPSA) is 102 Å². The quantitative estimate of drug-likeness (QED) is 0.651. The van der Waals surface area contributed by atoms with Gasteiger partial charge in [0.05, 0.1) is 10.7 Å². The molecule has 0 radical (unpaired) electrons. The second-order valence-corrected chi connectivity index (χ2v) is 5.80. The SMILES string of the molecule is O=C(O)c1[nH]c2ccc(Cl)c(NS(=O)O)c2c1C1CC1. The van der Waals surface area contributed by atoms with E-state index in [0.29, 0.717) is 16.5 Å². The Balaban J connectivity index is 2.33. The first kappa shape index (κ1) is 13.4. The van der Waals surface area contributed by atoms with Crippen LogP contribution in [-0.2, 0) is 11.3 Å². The molecule has 0 spiro atoms. The number of aromatic carboxylic acids is 1. The molecule has 1 aliphatic carbocycles. The molecule has 1 aliphatic rings. The smallest absolute Gasteiger partial charge is 0.352 e. The second-order valence-electron chi connectivity index (χ2n) is 4.69. The predicted octanol–water partition coefficient (Wildman–Crippen LogP) is 2.95. The number of benzene rings is 1. The number of fused-ring (bicyclic) bond motifs is 1. The summed E-state index contributed by atoms with van der Waals surface area (Å²) in [5.41, 5.74) is 1.65. The normalized spacial score (nSPS) is 16.3.